The zero-order valence-electron chi connectivity index (χ0n) is 28.2. The first-order valence-electron chi connectivity index (χ1n) is 16.7. The Morgan fingerprint density at radius 2 is 1.81 bits per heavy atom. The molecule has 8 nitrogen and oxygen atoms in total. The lowest BCUT2D eigenvalue weighted by molar-refractivity contribution is 0.0935. The number of rotatable bonds is 13. The number of benzene rings is 3. The van der Waals surface area contributed by atoms with Gasteiger partial charge in [0.2, 0.25) is 0 Å². The maximum absolute atomic E-state index is 13.9. The predicted molar refractivity (Wildman–Crippen MR) is 191 cm³/mol. The molecule has 252 valence electrons. The minimum Gasteiger partial charge on any atom is -0.496 e. The highest BCUT2D eigenvalue weighted by Gasteiger charge is 2.24. The van der Waals surface area contributed by atoms with Crippen LogP contribution in [0, 0.1) is 25.2 Å². The zero-order chi connectivity index (χ0) is 34.2. The highest BCUT2D eigenvalue weighted by Crippen LogP contribution is 2.36. The van der Waals surface area contributed by atoms with Crippen LogP contribution < -0.4 is 26.4 Å². The third-order valence-corrected chi connectivity index (χ3v) is 9.59. The number of halogens is 1. The Balaban J connectivity index is 1.32. The molecular weight excluding hydrogens is 622 g/mol. The number of carbonyl (C=O) groups excluding carboxylic acids is 1. The van der Waals surface area contributed by atoms with Gasteiger partial charge in [-0.2, -0.15) is 5.26 Å². The lowest BCUT2D eigenvalue weighted by atomic mass is 9.91. The number of furan rings is 1. The number of nitrogens with zero attached hydrogens (tertiary/aromatic N) is 1. The van der Waals surface area contributed by atoms with Crippen LogP contribution in [0.25, 0.3) is 11.3 Å². The number of hydrogen-bond donors (Lipinski definition) is 4. The third kappa shape index (κ3) is 9.06. The number of amides is 1. The van der Waals surface area contributed by atoms with E-state index in [9.17, 15) is 10.1 Å². The highest BCUT2D eigenvalue weighted by atomic mass is 35.5. The summed E-state index contributed by atoms with van der Waals surface area (Å²) in [7, 11) is 1.57. The molecule has 4 aromatic rings. The van der Waals surface area contributed by atoms with E-state index in [0.29, 0.717) is 53.8 Å². The molecule has 1 fully saturated rings. The van der Waals surface area contributed by atoms with Crippen molar-refractivity contribution in [1.29, 1.82) is 5.26 Å². The van der Waals surface area contributed by atoms with Crippen LogP contribution in [0.2, 0.25) is 5.02 Å². The Morgan fingerprint density at radius 3 is 2.50 bits per heavy atom. The summed E-state index contributed by atoms with van der Waals surface area (Å²) < 4.78 is 11.9. The van der Waals surface area contributed by atoms with Gasteiger partial charge in [-0.1, -0.05) is 53.6 Å². The molecule has 0 aliphatic heterocycles. The van der Waals surface area contributed by atoms with E-state index in [2.05, 4.69) is 60.1 Å². The number of aryl methyl sites for hydroxylation is 2. The van der Waals surface area contributed by atoms with Gasteiger partial charge in [-0.15, -0.1) is 0 Å². The molecule has 5 rings (SSSR count). The number of carbonyl (C=O) groups is 1. The van der Waals surface area contributed by atoms with Crippen molar-refractivity contribution in [2.24, 2.45) is 5.73 Å². The Hall–Kier alpha value is -4.13. The Morgan fingerprint density at radius 1 is 1.06 bits per heavy atom. The van der Waals surface area contributed by atoms with Crippen LogP contribution in [-0.4, -0.2) is 37.7 Å². The van der Waals surface area contributed by atoms with Crippen LogP contribution in [0.5, 0.6) is 5.75 Å². The first-order chi connectivity index (χ1) is 23.1. The largest absolute Gasteiger partial charge is 0.496 e. The number of nitrogens with two attached hydrogens (primary N) is 1. The number of nitriles is 1. The summed E-state index contributed by atoms with van der Waals surface area (Å²) >= 11 is 6.69. The van der Waals surface area contributed by atoms with Crippen molar-refractivity contribution >= 4 is 17.5 Å². The highest BCUT2D eigenvalue weighted by molar-refractivity contribution is 6.34. The first kappa shape index (κ1) is 35.2. The molecule has 0 radical (unpaired) electrons. The van der Waals surface area contributed by atoms with Crippen LogP contribution >= 0.6 is 11.6 Å². The van der Waals surface area contributed by atoms with E-state index in [1.807, 2.05) is 37.3 Å². The molecule has 2 atom stereocenters. The number of methoxy groups -OCH3 is 1. The zero-order valence-corrected chi connectivity index (χ0v) is 29.0. The maximum atomic E-state index is 13.9. The summed E-state index contributed by atoms with van der Waals surface area (Å²) in [6.45, 7) is 7.25. The van der Waals surface area contributed by atoms with E-state index in [0.717, 1.165) is 42.6 Å². The molecule has 9 heteroatoms. The number of ether oxygens (including phenoxy) is 1. The van der Waals surface area contributed by atoms with Crippen LogP contribution in [0.1, 0.15) is 82.6 Å². The SMILES string of the molecule is COc1cc(Cl)c(C(=O)N[C@@H](CN[C@H]2CC[C@@H](N)CC2)Cc2ccc(C#N)c(C)c2)cc1-c1ccc(CN[C@H](C)c2ccc(C)cc2)o1. The van der Waals surface area contributed by atoms with E-state index in [1.54, 1.807) is 19.2 Å². The average molecular weight is 668 g/mol. The van der Waals surface area contributed by atoms with Crippen molar-refractivity contribution in [2.75, 3.05) is 13.7 Å². The lowest BCUT2D eigenvalue weighted by Gasteiger charge is -2.29. The van der Waals surface area contributed by atoms with Gasteiger partial charge in [-0.3, -0.25) is 4.79 Å². The van der Waals surface area contributed by atoms with Gasteiger partial charge in [0.05, 0.1) is 41.4 Å². The molecule has 1 saturated carbocycles. The molecule has 0 unspecified atom stereocenters. The summed E-state index contributed by atoms with van der Waals surface area (Å²) in [5.41, 5.74) is 12.1. The van der Waals surface area contributed by atoms with Crippen molar-refractivity contribution in [3.05, 3.63) is 111 Å². The van der Waals surface area contributed by atoms with E-state index in [1.165, 1.54) is 11.1 Å². The van der Waals surface area contributed by atoms with E-state index < -0.39 is 0 Å². The van der Waals surface area contributed by atoms with Gasteiger partial charge >= 0.3 is 0 Å². The van der Waals surface area contributed by atoms with Gasteiger partial charge < -0.3 is 30.8 Å². The summed E-state index contributed by atoms with van der Waals surface area (Å²) in [4.78, 5) is 13.9. The molecule has 48 heavy (non-hydrogen) atoms. The standard InChI is InChI=1S/C39H46ClN5O3/c1-24-5-8-28(9-6-24)26(3)43-23-33-15-16-37(48-33)35-19-34(36(40)20-38(35)47-4)39(46)45-32(22-44-31-13-11-30(42)12-14-31)18-27-7-10-29(21-41)25(2)17-27/h5-10,15-17,19-20,26,30-32,43-44H,11-14,18,22-23,42H2,1-4H3,(H,45,46)/t26-,30-,31+,32-/m1/s1. The van der Waals surface area contributed by atoms with Crippen LogP contribution in [0.3, 0.4) is 0 Å². The topological polar surface area (TPSA) is 125 Å². The molecule has 3 aromatic carbocycles. The van der Waals surface area contributed by atoms with Crippen LogP contribution in [0.15, 0.2) is 71.1 Å². The molecular formula is C39H46ClN5O3. The summed E-state index contributed by atoms with van der Waals surface area (Å²) in [5.74, 6) is 1.57. The van der Waals surface area contributed by atoms with E-state index >= 15 is 0 Å². The van der Waals surface area contributed by atoms with Crippen molar-refractivity contribution in [3.8, 4) is 23.1 Å². The molecule has 1 aliphatic carbocycles. The second kappa shape index (κ2) is 16.3. The van der Waals surface area contributed by atoms with Crippen molar-refractivity contribution in [2.45, 2.75) is 83.6 Å². The molecule has 0 bridgehead atoms. The Labute approximate surface area is 289 Å². The van der Waals surface area contributed by atoms with Crippen LogP contribution in [0.4, 0.5) is 0 Å². The predicted octanol–water partition coefficient (Wildman–Crippen LogP) is 7.15. The average Bonchev–Trinajstić information content (AvgIpc) is 3.56. The molecule has 0 spiro atoms. The molecule has 1 aliphatic rings. The Bertz CT molecular complexity index is 1740. The van der Waals surface area contributed by atoms with Gasteiger partial charge in [0.1, 0.15) is 17.3 Å². The minimum absolute atomic E-state index is 0.144. The van der Waals surface area contributed by atoms with E-state index in [4.69, 9.17) is 26.5 Å². The summed E-state index contributed by atoms with van der Waals surface area (Å²) in [6.07, 6.45) is 4.59. The fourth-order valence-corrected chi connectivity index (χ4v) is 6.51. The van der Waals surface area contributed by atoms with Gasteiger partial charge in [-0.25, -0.2) is 0 Å². The number of nitrogens with one attached hydrogen (secondary N) is 3. The second-order valence-electron chi connectivity index (χ2n) is 13.0. The van der Waals surface area contributed by atoms with Crippen molar-refractivity contribution in [1.82, 2.24) is 16.0 Å². The summed E-state index contributed by atoms with van der Waals surface area (Å²) in [6, 6.07) is 24.3. The third-order valence-electron chi connectivity index (χ3n) is 9.27. The minimum atomic E-state index is -0.285. The van der Waals surface area contributed by atoms with Gasteiger partial charge in [-0.05, 0) is 93.8 Å². The molecule has 1 amide bonds. The van der Waals surface area contributed by atoms with Crippen molar-refractivity contribution in [3.63, 3.8) is 0 Å². The molecule has 1 heterocycles. The first-order valence-corrected chi connectivity index (χ1v) is 17.1. The fourth-order valence-electron chi connectivity index (χ4n) is 6.27. The normalized spacial score (nSPS) is 17.4. The smallest absolute Gasteiger partial charge is 0.253 e. The lowest BCUT2D eigenvalue weighted by Crippen LogP contribution is -2.47. The van der Waals surface area contributed by atoms with E-state index in [-0.39, 0.29) is 29.1 Å². The Kier molecular flexibility index (Phi) is 12.0. The second-order valence-corrected chi connectivity index (χ2v) is 13.4. The number of hydrogen-bond acceptors (Lipinski definition) is 7. The quantitative estimate of drug-likeness (QED) is 0.119. The van der Waals surface area contributed by atoms with Crippen molar-refractivity contribution < 1.29 is 13.9 Å². The fraction of sp³-hybridized carbons (Fsp3) is 0.385. The monoisotopic (exact) mass is 667 g/mol. The molecule has 5 N–H and O–H groups in total. The van der Waals surface area contributed by atoms with Gasteiger partial charge in [0, 0.05) is 36.8 Å². The van der Waals surface area contributed by atoms with Crippen LogP contribution in [-0.2, 0) is 13.0 Å². The van der Waals surface area contributed by atoms with Gasteiger partial charge in [0.25, 0.3) is 5.91 Å². The molecule has 0 saturated heterocycles. The maximum Gasteiger partial charge on any atom is 0.253 e. The van der Waals surface area contributed by atoms with Gasteiger partial charge in [0.15, 0.2) is 0 Å². The summed E-state index contributed by atoms with van der Waals surface area (Å²) in [5, 5.41) is 20.1. The molecule has 1 aromatic heterocycles.